The normalized spacial score (nSPS) is 24.2. The zero-order valence-electron chi connectivity index (χ0n) is 11.7. The Morgan fingerprint density at radius 2 is 2.00 bits per heavy atom. The van der Waals surface area contributed by atoms with E-state index in [1.807, 2.05) is 13.1 Å². The molecule has 1 saturated heterocycles. The molecule has 1 aromatic carbocycles. The summed E-state index contributed by atoms with van der Waals surface area (Å²) < 4.78 is 27.4. The van der Waals surface area contributed by atoms with Crippen LogP contribution in [0.1, 0.15) is 18.9 Å². The second-order valence-corrected chi connectivity index (χ2v) is 7.11. The third-order valence-electron chi connectivity index (χ3n) is 3.71. The quantitative estimate of drug-likeness (QED) is 0.908. The Labute approximate surface area is 120 Å². The van der Waals surface area contributed by atoms with Gasteiger partial charge >= 0.3 is 0 Å². The highest BCUT2D eigenvalue weighted by Crippen LogP contribution is 2.18. The Morgan fingerprint density at radius 3 is 2.55 bits per heavy atom. The summed E-state index contributed by atoms with van der Waals surface area (Å²) in [6, 6.07) is 7.93. The van der Waals surface area contributed by atoms with Crippen LogP contribution in [0.3, 0.4) is 0 Å². The Balaban J connectivity index is 2.12. The number of nitrogens with zero attached hydrogens (tertiary/aromatic N) is 2. The van der Waals surface area contributed by atoms with Crippen molar-refractivity contribution in [2.75, 3.05) is 20.1 Å². The second kappa shape index (κ2) is 5.92. The average Bonchev–Trinajstić information content (AvgIpc) is 2.42. The highest BCUT2D eigenvalue weighted by Gasteiger charge is 2.28. The third kappa shape index (κ3) is 3.37. The largest absolute Gasteiger partial charge is 0.306 e. The first-order chi connectivity index (χ1) is 9.42. The molecule has 0 aromatic heterocycles. The van der Waals surface area contributed by atoms with Crippen LogP contribution >= 0.6 is 0 Å². The molecule has 1 N–H and O–H groups in total. The van der Waals surface area contributed by atoms with E-state index in [-0.39, 0.29) is 16.9 Å². The van der Waals surface area contributed by atoms with Crippen LogP contribution < -0.4 is 4.72 Å². The predicted molar refractivity (Wildman–Crippen MR) is 76.5 cm³/mol. The van der Waals surface area contributed by atoms with Gasteiger partial charge in [0, 0.05) is 12.6 Å². The van der Waals surface area contributed by atoms with Crippen molar-refractivity contribution in [3.05, 3.63) is 29.8 Å². The van der Waals surface area contributed by atoms with E-state index < -0.39 is 10.0 Å². The van der Waals surface area contributed by atoms with E-state index in [0.29, 0.717) is 5.56 Å². The summed E-state index contributed by atoms with van der Waals surface area (Å²) in [4.78, 5) is 2.42. The fourth-order valence-electron chi connectivity index (χ4n) is 2.51. The molecule has 2 unspecified atom stereocenters. The number of nitriles is 1. The lowest BCUT2D eigenvalue weighted by Gasteiger charge is -2.34. The maximum absolute atomic E-state index is 12.3. The maximum Gasteiger partial charge on any atom is 0.240 e. The van der Waals surface area contributed by atoms with Crippen LogP contribution in [-0.4, -0.2) is 39.5 Å². The van der Waals surface area contributed by atoms with Crippen molar-refractivity contribution >= 4 is 10.0 Å². The Morgan fingerprint density at radius 1 is 1.35 bits per heavy atom. The van der Waals surface area contributed by atoms with Crippen molar-refractivity contribution < 1.29 is 8.42 Å². The van der Waals surface area contributed by atoms with Crippen LogP contribution in [0.2, 0.25) is 0 Å². The van der Waals surface area contributed by atoms with E-state index in [9.17, 15) is 8.42 Å². The van der Waals surface area contributed by atoms with Crippen molar-refractivity contribution in [1.82, 2.24) is 9.62 Å². The van der Waals surface area contributed by atoms with Gasteiger partial charge in [0.25, 0.3) is 0 Å². The lowest BCUT2D eigenvalue weighted by molar-refractivity contribution is 0.188. The molecule has 0 bridgehead atoms. The highest BCUT2D eigenvalue weighted by atomic mass is 32.2. The van der Waals surface area contributed by atoms with Crippen LogP contribution in [0.15, 0.2) is 29.2 Å². The summed E-state index contributed by atoms with van der Waals surface area (Å²) in [5.41, 5.74) is 0.455. The van der Waals surface area contributed by atoms with Gasteiger partial charge in [0.2, 0.25) is 10.0 Å². The number of likely N-dealkylation sites (tertiary alicyclic amines) is 1. The molecule has 2 rings (SSSR count). The van der Waals surface area contributed by atoms with Crippen molar-refractivity contribution in [3.8, 4) is 6.07 Å². The molecule has 1 fully saturated rings. The fraction of sp³-hybridized carbons (Fsp3) is 0.500. The smallest absolute Gasteiger partial charge is 0.240 e. The molecule has 1 aliphatic heterocycles. The van der Waals surface area contributed by atoms with E-state index in [1.165, 1.54) is 24.3 Å². The minimum absolute atomic E-state index is 0.0353. The predicted octanol–water partition coefficient (Wildman–Crippen LogP) is 1.18. The summed E-state index contributed by atoms with van der Waals surface area (Å²) in [5, 5.41) is 8.73. The molecule has 6 heteroatoms. The van der Waals surface area contributed by atoms with E-state index in [4.69, 9.17) is 5.26 Å². The first-order valence-corrected chi connectivity index (χ1v) is 8.12. The van der Waals surface area contributed by atoms with Gasteiger partial charge in [-0.05, 0) is 50.2 Å². The van der Waals surface area contributed by atoms with Crippen LogP contribution in [0.5, 0.6) is 0 Å². The molecule has 20 heavy (non-hydrogen) atoms. The molecule has 108 valence electrons. The van der Waals surface area contributed by atoms with Gasteiger partial charge in [0.1, 0.15) is 0 Å². The monoisotopic (exact) mass is 293 g/mol. The number of benzene rings is 1. The zero-order chi connectivity index (χ0) is 14.8. The molecule has 1 aliphatic rings. The number of hydrogen-bond donors (Lipinski definition) is 1. The first-order valence-electron chi connectivity index (χ1n) is 6.63. The molecule has 0 spiro atoms. The summed E-state index contributed by atoms with van der Waals surface area (Å²) >= 11 is 0. The summed E-state index contributed by atoms with van der Waals surface area (Å²) in [7, 11) is -1.47. The van der Waals surface area contributed by atoms with Gasteiger partial charge in [-0.3, -0.25) is 0 Å². The molecule has 2 atom stereocenters. The highest BCUT2D eigenvalue weighted by molar-refractivity contribution is 7.89. The zero-order valence-corrected chi connectivity index (χ0v) is 12.5. The van der Waals surface area contributed by atoms with E-state index >= 15 is 0 Å². The molecule has 0 radical (unpaired) electrons. The number of nitrogens with one attached hydrogen (secondary N) is 1. The molecule has 5 nitrogen and oxygen atoms in total. The number of sulfonamides is 1. The summed E-state index contributed by atoms with van der Waals surface area (Å²) in [5.74, 6) is 0.280. The van der Waals surface area contributed by atoms with E-state index in [1.54, 1.807) is 0 Å². The van der Waals surface area contributed by atoms with Crippen LogP contribution in [0.25, 0.3) is 0 Å². The molecule has 0 amide bonds. The number of piperidine rings is 1. The van der Waals surface area contributed by atoms with Crippen molar-refractivity contribution in [1.29, 1.82) is 5.26 Å². The van der Waals surface area contributed by atoms with Crippen molar-refractivity contribution in [2.24, 2.45) is 5.92 Å². The Bertz CT molecular complexity index is 604. The molecule has 1 heterocycles. The Hall–Kier alpha value is -1.42. The fourth-order valence-corrected chi connectivity index (χ4v) is 3.88. The molecular formula is C14H19N3O2S. The maximum atomic E-state index is 12.3. The van der Waals surface area contributed by atoms with Gasteiger partial charge < -0.3 is 4.90 Å². The number of rotatable bonds is 3. The van der Waals surface area contributed by atoms with Gasteiger partial charge in [0.05, 0.1) is 16.5 Å². The van der Waals surface area contributed by atoms with Crippen LogP contribution in [0.4, 0.5) is 0 Å². The molecule has 0 saturated carbocycles. The lowest BCUT2D eigenvalue weighted by atomic mass is 9.95. The van der Waals surface area contributed by atoms with E-state index in [2.05, 4.69) is 16.5 Å². The van der Waals surface area contributed by atoms with E-state index in [0.717, 1.165) is 19.5 Å². The lowest BCUT2D eigenvalue weighted by Crippen LogP contribution is -2.48. The van der Waals surface area contributed by atoms with Crippen LogP contribution in [-0.2, 0) is 10.0 Å². The standard InChI is InChI=1S/C14H19N3O2S/c1-11-10-17(2)8-7-14(11)16-20(18,19)13-5-3-12(9-15)4-6-13/h3-6,11,14,16H,7-8,10H2,1-2H3. The minimum atomic E-state index is -3.51. The Kier molecular flexibility index (Phi) is 4.43. The third-order valence-corrected chi connectivity index (χ3v) is 5.21. The second-order valence-electron chi connectivity index (χ2n) is 5.39. The van der Waals surface area contributed by atoms with Crippen molar-refractivity contribution in [2.45, 2.75) is 24.3 Å². The summed E-state index contributed by atoms with van der Waals surface area (Å²) in [6.07, 6.45) is 0.813. The van der Waals surface area contributed by atoms with Crippen LogP contribution in [0, 0.1) is 17.2 Å². The topological polar surface area (TPSA) is 73.2 Å². The minimum Gasteiger partial charge on any atom is -0.306 e. The van der Waals surface area contributed by atoms with Gasteiger partial charge in [0.15, 0.2) is 0 Å². The van der Waals surface area contributed by atoms with Gasteiger partial charge in [-0.1, -0.05) is 6.92 Å². The molecule has 1 aromatic rings. The van der Waals surface area contributed by atoms with Crippen molar-refractivity contribution in [3.63, 3.8) is 0 Å². The molecular weight excluding hydrogens is 274 g/mol. The van der Waals surface area contributed by atoms with Gasteiger partial charge in [-0.25, -0.2) is 13.1 Å². The first kappa shape index (κ1) is 15.0. The number of hydrogen-bond acceptors (Lipinski definition) is 4. The van der Waals surface area contributed by atoms with Gasteiger partial charge in [-0.2, -0.15) is 5.26 Å². The molecule has 0 aliphatic carbocycles. The van der Waals surface area contributed by atoms with Gasteiger partial charge in [-0.15, -0.1) is 0 Å². The SMILES string of the molecule is CC1CN(C)CCC1NS(=O)(=O)c1ccc(C#N)cc1. The summed E-state index contributed by atoms with van der Waals surface area (Å²) in [6.45, 7) is 3.84. The average molecular weight is 293 g/mol.